The van der Waals surface area contributed by atoms with Crippen LogP contribution in [0.2, 0.25) is 0 Å². The Morgan fingerprint density at radius 3 is 2.33 bits per heavy atom. The van der Waals surface area contributed by atoms with Crippen molar-refractivity contribution >= 4 is 5.69 Å². The van der Waals surface area contributed by atoms with Crippen LogP contribution in [-0.4, -0.2) is 30.1 Å². The molecule has 0 bridgehead atoms. The van der Waals surface area contributed by atoms with Gasteiger partial charge in [-0.1, -0.05) is 42.5 Å². The highest BCUT2D eigenvalue weighted by atomic mass is 15.1. The van der Waals surface area contributed by atoms with Crippen molar-refractivity contribution in [1.29, 1.82) is 0 Å². The number of hydrogen-bond donors (Lipinski definition) is 2. The average molecular weight is 323 g/mol. The molecule has 1 saturated heterocycles. The second-order valence-electron chi connectivity index (χ2n) is 7.05. The molecule has 1 atom stereocenters. The fraction of sp³-hybridized carbons (Fsp3) is 0.429. The van der Waals surface area contributed by atoms with Crippen LogP contribution in [-0.2, 0) is 13.0 Å². The predicted molar refractivity (Wildman–Crippen MR) is 102 cm³/mol. The van der Waals surface area contributed by atoms with Gasteiger partial charge < -0.3 is 11.1 Å². The zero-order chi connectivity index (χ0) is 16.8. The Labute approximate surface area is 145 Å². The van der Waals surface area contributed by atoms with Gasteiger partial charge in [-0.25, -0.2) is 0 Å². The Morgan fingerprint density at radius 2 is 1.67 bits per heavy atom. The van der Waals surface area contributed by atoms with Crippen molar-refractivity contribution in [3.63, 3.8) is 0 Å². The number of anilines is 1. The minimum Gasteiger partial charge on any atom is -0.399 e. The molecule has 0 aromatic heterocycles. The third-order valence-electron chi connectivity index (χ3n) is 4.88. The van der Waals surface area contributed by atoms with Gasteiger partial charge in [0.15, 0.2) is 0 Å². The van der Waals surface area contributed by atoms with Crippen LogP contribution in [0.4, 0.5) is 5.69 Å². The number of benzene rings is 2. The molecule has 1 aliphatic rings. The van der Waals surface area contributed by atoms with Crippen LogP contribution in [0.3, 0.4) is 0 Å². The number of nitrogens with one attached hydrogen (secondary N) is 1. The van der Waals surface area contributed by atoms with Gasteiger partial charge in [0, 0.05) is 24.3 Å². The SMILES string of the molecule is CC(Cc1ccc(N)cc1)NC1CCN(Cc2ccccc2)CC1. The first-order valence-electron chi connectivity index (χ1n) is 9.06. The summed E-state index contributed by atoms with van der Waals surface area (Å²) < 4.78 is 0. The summed E-state index contributed by atoms with van der Waals surface area (Å²) >= 11 is 0. The summed E-state index contributed by atoms with van der Waals surface area (Å²) in [4.78, 5) is 2.57. The van der Waals surface area contributed by atoms with Crippen LogP contribution in [0, 0.1) is 0 Å². The monoisotopic (exact) mass is 323 g/mol. The van der Waals surface area contributed by atoms with Gasteiger partial charge in [0.2, 0.25) is 0 Å². The maximum Gasteiger partial charge on any atom is 0.0314 e. The number of nitrogen functional groups attached to an aromatic ring is 1. The zero-order valence-corrected chi connectivity index (χ0v) is 14.6. The summed E-state index contributed by atoms with van der Waals surface area (Å²) in [5.41, 5.74) is 9.36. The van der Waals surface area contributed by atoms with Crippen molar-refractivity contribution in [2.75, 3.05) is 18.8 Å². The second kappa shape index (κ2) is 8.32. The van der Waals surface area contributed by atoms with E-state index >= 15 is 0 Å². The van der Waals surface area contributed by atoms with Crippen molar-refractivity contribution in [1.82, 2.24) is 10.2 Å². The van der Waals surface area contributed by atoms with E-state index in [-0.39, 0.29) is 0 Å². The minimum atomic E-state index is 0.499. The van der Waals surface area contributed by atoms with Gasteiger partial charge >= 0.3 is 0 Å². The van der Waals surface area contributed by atoms with Crippen LogP contribution in [0.15, 0.2) is 54.6 Å². The van der Waals surface area contributed by atoms with Gasteiger partial charge in [0.25, 0.3) is 0 Å². The van der Waals surface area contributed by atoms with Crippen molar-refractivity contribution in [2.24, 2.45) is 0 Å². The lowest BCUT2D eigenvalue weighted by atomic mass is 10.0. The molecule has 0 amide bonds. The molecular weight excluding hydrogens is 294 g/mol. The van der Waals surface area contributed by atoms with E-state index in [9.17, 15) is 0 Å². The van der Waals surface area contributed by atoms with E-state index in [0.717, 1.165) is 18.7 Å². The van der Waals surface area contributed by atoms with Gasteiger partial charge in [-0.05, 0) is 62.5 Å². The zero-order valence-electron chi connectivity index (χ0n) is 14.6. The molecule has 3 nitrogen and oxygen atoms in total. The topological polar surface area (TPSA) is 41.3 Å². The molecule has 3 heteroatoms. The van der Waals surface area contributed by atoms with Gasteiger partial charge in [0.1, 0.15) is 0 Å². The van der Waals surface area contributed by atoms with Crippen LogP contribution in [0.25, 0.3) is 0 Å². The quantitative estimate of drug-likeness (QED) is 0.800. The van der Waals surface area contributed by atoms with Crippen molar-refractivity contribution in [2.45, 2.75) is 44.8 Å². The fourth-order valence-corrected chi connectivity index (χ4v) is 3.57. The number of rotatable bonds is 6. The molecule has 1 unspecified atom stereocenters. The Balaban J connectivity index is 1.41. The van der Waals surface area contributed by atoms with E-state index in [2.05, 4.69) is 59.6 Å². The number of likely N-dealkylation sites (tertiary alicyclic amines) is 1. The molecule has 3 rings (SSSR count). The molecule has 0 spiro atoms. The summed E-state index contributed by atoms with van der Waals surface area (Å²) in [5, 5.41) is 3.81. The van der Waals surface area contributed by atoms with Crippen molar-refractivity contribution in [3.05, 3.63) is 65.7 Å². The number of piperidine rings is 1. The molecule has 1 aliphatic heterocycles. The molecule has 1 fully saturated rings. The molecule has 1 heterocycles. The van der Waals surface area contributed by atoms with Crippen molar-refractivity contribution in [3.8, 4) is 0 Å². The summed E-state index contributed by atoms with van der Waals surface area (Å²) in [6.45, 7) is 5.73. The Bertz CT molecular complexity index is 601. The van der Waals surface area contributed by atoms with Gasteiger partial charge in [-0.3, -0.25) is 4.90 Å². The van der Waals surface area contributed by atoms with E-state index in [4.69, 9.17) is 5.73 Å². The lowest BCUT2D eigenvalue weighted by Crippen LogP contribution is -2.45. The summed E-state index contributed by atoms with van der Waals surface area (Å²) in [6.07, 6.45) is 3.53. The highest BCUT2D eigenvalue weighted by molar-refractivity contribution is 5.39. The minimum absolute atomic E-state index is 0.499. The molecule has 0 radical (unpaired) electrons. The van der Waals surface area contributed by atoms with E-state index < -0.39 is 0 Å². The largest absolute Gasteiger partial charge is 0.399 e. The molecule has 128 valence electrons. The maximum absolute atomic E-state index is 5.75. The molecule has 24 heavy (non-hydrogen) atoms. The highest BCUT2D eigenvalue weighted by Crippen LogP contribution is 2.15. The average Bonchev–Trinajstić information content (AvgIpc) is 2.60. The van der Waals surface area contributed by atoms with Crippen LogP contribution >= 0.6 is 0 Å². The molecule has 0 saturated carbocycles. The smallest absolute Gasteiger partial charge is 0.0314 e. The molecular formula is C21H29N3. The third kappa shape index (κ3) is 5.08. The van der Waals surface area contributed by atoms with Crippen molar-refractivity contribution < 1.29 is 0 Å². The van der Waals surface area contributed by atoms with Crippen LogP contribution < -0.4 is 11.1 Å². The standard InChI is InChI=1S/C21H29N3/c1-17(15-18-7-9-20(22)10-8-18)23-21-11-13-24(14-12-21)16-19-5-3-2-4-6-19/h2-10,17,21,23H,11-16,22H2,1H3. The molecule has 2 aromatic carbocycles. The van der Waals surface area contributed by atoms with Gasteiger partial charge in [0.05, 0.1) is 0 Å². The van der Waals surface area contributed by atoms with E-state index in [1.165, 1.54) is 37.1 Å². The Kier molecular flexibility index (Phi) is 5.89. The first kappa shape index (κ1) is 17.0. The normalized spacial score (nSPS) is 17.7. The van der Waals surface area contributed by atoms with E-state index in [1.807, 2.05) is 12.1 Å². The third-order valence-corrected chi connectivity index (χ3v) is 4.88. The van der Waals surface area contributed by atoms with Gasteiger partial charge in [-0.2, -0.15) is 0 Å². The fourth-order valence-electron chi connectivity index (χ4n) is 3.57. The first-order valence-corrected chi connectivity index (χ1v) is 9.06. The summed E-state index contributed by atoms with van der Waals surface area (Å²) in [7, 11) is 0. The number of nitrogens with two attached hydrogens (primary N) is 1. The predicted octanol–water partition coefficient (Wildman–Crippen LogP) is 3.45. The number of nitrogens with zero attached hydrogens (tertiary/aromatic N) is 1. The van der Waals surface area contributed by atoms with Crippen LogP contribution in [0.1, 0.15) is 30.9 Å². The molecule has 0 aliphatic carbocycles. The lowest BCUT2D eigenvalue weighted by molar-refractivity contribution is 0.185. The lowest BCUT2D eigenvalue weighted by Gasteiger charge is -2.34. The van der Waals surface area contributed by atoms with Gasteiger partial charge in [-0.15, -0.1) is 0 Å². The molecule has 3 N–H and O–H groups in total. The first-order chi connectivity index (χ1) is 11.7. The maximum atomic E-state index is 5.75. The summed E-state index contributed by atoms with van der Waals surface area (Å²) in [6, 6.07) is 20.2. The van der Waals surface area contributed by atoms with E-state index in [1.54, 1.807) is 0 Å². The Morgan fingerprint density at radius 1 is 1.00 bits per heavy atom. The Hall–Kier alpha value is -1.84. The summed E-state index contributed by atoms with van der Waals surface area (Å²) in [5.74, 6) is 0. The highest BCUT2D eigenvalue weighted by Gasteiger charge is 2.20. The van der Waals surface area contributed by atoms with E-state index in [0.29, 0.717) is 12.1 Å². The molecule has 2 aromatic rings. The van der Waals surface area contributed by atoms with Crippen LogP contribution in [0.5, 0.6) is 0 Å². The second-order valence-corrected chi connectivity index (χ2v) is 7.05. The number of hydrogen-bond acceptors (Lipinski definition) is 3.